The van der Waals surface area contributed by atoms with Crippen LogP contribution in [0.1, 0.15) is 36.2 Å². The van der Waals surface area contributed by atoms with Crippen molar-refractivity contribution in [2.45, 2.75) is 43.7 Å². The number of carbonyl (C=O) groups is 1. The van der Waals surface area contributed by atoms with Gasteiger partial charge in [0.2, 0.25) is 15.9 Å². The van der Waals surface area contributed by atoms with Crippen LogP contribution in [0.2, 0.25) is 0 Å². The molecule has 0 spiro atoms. The molecule has 9 heteroatoms. The lowest BCUT2D eigenvalue weighted by Gasteiger charge is -2.14. The zero-order chi connectivity index (χ0) is 24.3. The standard InChI is InChI=1S/C25H33N5O3S/c1-28(2)34(32,33)21-10-11-23-22(16-21)27-24(29(23)3)12-13-25(31)26-17-19-6-8-20(9-7-19)18-30-14-4-5-15-30/h6-11,16H,4-5,12-15,17-18H2,1-3H3,(H,26,31). The third-order valence-corrected chi connectivity index (χ3v) is 8.23. The second-order valence-corrected chi connectivity index (χ2v) is 11.3. The second-order valence-electron chi connectivity index (χ2n) is 9.10. The molecule has 2 aromatic carbocycles. The van der Waals surface area contributed by atoms with E-state index in [9.17, 15) is 13.2 Å². The second kappa shape index (κ2) is 10.2. The molecule has 4 rings (SSSR count). The molecule has 1 fully saturated rings. The molecule has 1 N–H and O–H groups in total. The van der Waals surface area contributed by atoms with E-state index in [1.54, 1.807) is 18.2 Å². The number of likely N-dealkylation sites (tertiary alicyclic amines) is 1. The molecule has 2 heterocycles. The van der Waals surface area contributed by atoms with E-state index in [4.69, 9.17) is 0 Å². The van der Waals surface area contributed by atoms with Crippen molar-refractivity contribution in [3.63, 3.8) is 0 Å². The number of benzene rings is 2. The van der Waals surface area contributed by atoms with Crippen LogP contribution in [0.5, 0.6) is 0 Å². The van der Waals surface area contributed by atoms with Crippen LogP contribution >= 0.6 is 0 Å². The summed E-state index contributed by atoms with van der Waals surface area (Å²) >= 11 is 0. The van der Waals surface area contributed by atoms with Gasteiger partial charge in [-0.1, -0.05) is 24.3 Å². The van der Waals surface area contributed by atoms with E-state index >= 15 is 0 Å². The Kier molecular flexibility index (Phi) is 7.35. The Labute approximate surface area is 201 Å². The fraction of sp³-hybridized carbons (Fsp3) is 0.440. The van der Waals surface area contributed by atoms with Crippen LogP contribution in [-0.2, 0) is 41.4 Å². The highest BCUT2D eigenvalue weighted by Crippen LogP contribution is 2.22. The number of aromatic nitrogens is 2. The molecule has 0 aliphatic carbocycles. The van der Waals surface area contributed by atoms with Crippen LogP contribution in [0.15, 0.2) is 47.4 Å². The first-order valence-corrected chi connectivity index (χ1v) is 13.1. The Morgan fingerprint density at radius 2 is 1.74 bits per heavy atom. The van der Waals surface area contributed by atoms with Crippen molar-refractivity contribution in [2.24, 2.45) is 7.05 Å². The number of aryl methyl sites for hydroxylation is 2. The number of rotatable bonds is 9. The molecule has 1 aromatic heterocycles. The van der Waals surface area contributed by atoms with Crippen molar-refractivity contribution in [3.8, 4) is 0 Å². The largest absolute Gasteiger partial charge is 0.352 e. The maximum Gasteiger partial charge on any atom is 0.242 e. The Hall–Kier alpha value is -2.75. The number of hydrogen-bond acceptors (Lipinski definition) is 5. The Morgan fingerprint density at radius 1 is 1.06 bits per heavy atom. The summed E-state index contributed by atoms with van der Waals surface area (Å²) in [5.41, 5.74) is 3.83. The van der Waals surface area contributed by atoms with Crippen molar-refractivity contribution in [3.05, 3.63) is 59.4 Å². The Morgan fingerprint density at radius 3 is 2.41 bits per heavy atom. The maximum atomic E-state index is 12.4. The SMILES string of the molecule is CN(C)S(=O)(=O)c1ccc2c(c1)nc(CCC(=O)NCc1ccc(CN3CCCC3)cc1)n2C. The first-order valence-electron chi connectivity index (χ1n) is 11.7. The van der Waals surface area contributed by atoms with Gasteiger partial charge in [-0.2, -0.15) is 0 Å². The van der Waals surface area contributed by atoms with E-state index in [2.05, 4.69) is 39.5 Å². The van der Waals surface area contributed by atoms with E-state index in [1.807, 2.05) is 11.6 Å². The molecule has 1 saturated heterocycles. The highest BCUT2D eigenvalue weighted by Gasteiger charge is 2.19. The number of carbonyl (C=O) groups excluding carboxylic acids is 1. The molecule has 182 valence electrons. The van der Waals surface area contributed by atoms with Gasteiger partial charge in [-0.3, -0.25) is 9.69 Å². The molecule has 8 nitrogen and oxygen atoms in total. The van der Waals surface area contributed by atoms with Gasteiger partial charge in [-0.15, -0.1) is 0 Å². The highest BCUT2D eigenvalue weighted by molar-refractivity contribution is 7.89. The minimum Gasteiger partial charge on any atom is -0.352 e. The molecule has 34 heavy (non-hydrogen) atoms. The van der Waals surface area contributed by atoms with Crippen molar-refractivity contribution < 1.29 is 13.2 Å². The fourth-order valence-corrected chi connectivity index (χ4v) is 5.22. The van der Waals surface area contributed by atoms with E-state index in [0.29, 0.717) is 24.9 Å². The van der Waals surface area contributed by atoms with Gasteiger partial charge < -0.3 is 9.88 Å². The molecular formula is C25H33N5O3S. The molecule has 0 atom stereocenters. The molecule has 3 aromatic rings. The molecule has 0 bridgehead atoms. The molecule has 1 aliphatic heterocycles. The Balaban J connectivity index is 1.31. The van der Waals surface area contributed by atoms with Crippen LogP contribution in [-0.4, -0.2) is 60.3 Å². The van der Waals surface area contributed by atoms with Crippen molar-refractivity contribution in [1.82, 2.24) is 24.1 Å². The van der Waals surface area contributed by atoms with Crippen LogP contribution < -0.4 is 5.32 Å². The summed E-state index contributed by atoms with van der Waals surface area (Å²) in [4.78, 5) is 19.7. The van der Waals surface area contributed by atoms with Crippen LogP contribution in [0, 0.1) is 0 Å². The van der Waals surface area contributed by atoms with Crippen molar-refractivity contribution in [2.75, 3.05) is 27.2 Å². The van der Waals surface area contributed by atoms with Crippen LogP contribution in [0.4, 0.5) is 0 Å². The van der Waals surface area contributed by atoms with Crippen LogP contribution in [0.25, 0.3) is 11.0 Å². The summed E-state index contributed by atoms with van der Waals surface area (Å²) in [7, 11) is 1.37. The molecule has 1 amide bonds. The lowest BCUT2D eigenvalue weighted by molar-refractivity contribution is -0.121. The summed E-state index contributed by atoms with van der Waals surface area (Å²) < 4.78 is 27.9. The third kappa shape index (κ3) is 5.48. The number of nitrogens with zero attached hydrogens (tertiary/aromatic N) is 4. The van der Waals surface area contributed by atoms with E-state index in [1.165, 1.54) is 49.9 Å². The number of nitrogens with one attached hydrogen (secondary N) is 1. The zero-order valence-electron chi connectivity index (χ0n) is 20.1. The van der Waals surface area contributed by atoms with Gasteiger partial charge in [0.05, 0.1) is 15.9 Å². The van der Waals surface area contributed by atoms with Gasteiger partial charge in [0.25, 0.3) is 0 Å². The molecule has 0 radical (unpaired) electrons. The predicted molar refractivity (Wildman–Crippen MR) is 133 cm³/mol. The molecule has 1 aliphatic rings. The maximum absolute atomic E-state index is 12.4. The summed E-state index contributed by atoms with van der Waals surface area (Å²) in [6.07, 6.45) is 3.37. The molecular weight excluding hydrogens is 450 g/mol. The highest BCUT2D eigenvalue weighted by atomic mass is 32.2. The molecule has 0 saturated carbocycles. The number of sulfonamides is 1. The predicted octanol–water partition coefficient (Wildman–Crippen LogP) is 2.67. The number of amides is 1. The third-order valence-electron chi connectivity index (χ3n) is 6.42. The zero-order valence-corrected chi connectivity index (χ0v) is 20.9. The van der Waals surface area contributed by atoms with Crippen molar-refractivity contribution in [1.29, 1.82) is 0 Å². The summed E-state index contributed by atoms with van der Waals surface area (Å²) in [5.74, 6) is 0.708. The van der Waals surface area contributed by atoms with Gasteiger partial charge in [0, 0.05) is 47.1 Å². The van der Waals surface area contributed by atoms with Gasteiger partial charge in [0.15, 0.2) is 0 Å². The first kappa shape index (κ1) is 24.4. The summed E-state index contributed by atoms with van der Waals surface area (Å²) in [6.45, 7) is 3.85. The fourth-order valence-electron chi connectivity index (χ4n) is 4.30. The summed E-state index contributed by atoms with van der Waals surface area (Å²) in [5, 5.41) is 2.99. The Bertz CT molecular complexity index is 1260. The van der Waals surface area contributed by atoms with E-state index in [-0.39, 0.29) is 10.8 Å². The lowest BCUT2D eigenvalue weighted by atomic mass is 10.1. The summed E-state index contributed by atoms with van der Waals surface area (Å²) in [6, 6.07) is 13.4. The van der Waals surface area contributed by atoms with Gasteiger partial charge in [-0.05, 0) is 55.3 Å². The van der Waals surface area contributed by atoms with E-state index < -0.39 is 10.0 Å². The van der Waals surface area contributed by atoms with Crippen molar-refractivity contribution >= 4 is 27.0 Å². The smallest absolute Gasteiger partial charge is 0.242 e. The monoisotopic (exact) mass is 483 g/mol. The van der Waals surface area contributed by atoms with Gasteiger partial charge in [0.1, 0.15) is 5.82 Å². The normalized spacial score (nSPS) is 14.8. The quantitative estimate of drug-likeness (QED) is 0.506. The lowest BCUT2D eigenvalue weighted by Crippen LogP contribution is -2.23. The minimum absolute atomic E-state index is 0.0379. The van der Waals surface area contributed by atoms with Gasteiger partial charge >= 0.3 is 0 Å². The molecule has 0 unspecified atom stereocenters. The average molecular weight is 484 g/mol. The number of imidazole rings is 1. The number of fused-ring (bicyclic) bond motifs is 1. The van der Waals surface area contributed by atoms with Crippen LogP contribution in [0.3, 0.4) is 0 Å². The average Bonchev–Trinajstić information content (AvgIpc) is 3.44. The van der Waals surface area contributed by atoms with E-state index in [0.717, 1.165) is 23.4 Å². The topological polar surface area (TPSA) is 87.5 Å². The minimum atomic E-state index is -3.52. The van der Waals surface area contributed by atoms with Gasteiger partial charge in [-0.25, -0.2) is 17.7 Å². The first-order chi connectivity index (χ1) is 16.2. The number of hydrogen-bond donors (Lipinski definition) is 1.